The first-order valence-electron chi connectivity index (χ1n) is 9.95. The van der Waals surface area contributed by atoms with Crippen molar-refractivity contribution in [2.75, 3.05) is 19.0 Å². The molecule has 0 aromatic heterocycles. The number of cyclic esters (lactones) is 1. The number of carbonyl (C=O) groups excluding carboxylic acids is 3. The number of phenols is 2. The van der Waals surface area contributed by atoms with Crippen molar-refractivity contribution in [3.05, 3.63) is 57.6 Å². The zero-order valence-electron chi connectivity index (χ0n) is 17.7. The SMILES string of the molecule is Cc1c(O)cc(O)c2c1C(=O)OC[C@H](N)C(=O)N[C@H](COC(=O)c1ccc(Cl)cc1)CSC2. The molecule has 1 aliphatic heterocycles. The van der Waals surface area contributed by atoms with E-state index in [9.17, 15) is 24.6 Å². The number of halogens is 1. The van der Waals surface area contributed by atoms with Crippen LogP contribution in [-0.2, 0) is 20.0 Å². The van der Waals surface area contributed by atoms with E-state index in [0.717, 1.165) is 6.07 Å². The monoisotopic (exact) mass is 494 g/mol. The molecule has 1 heterocycles. The lowest BCUT2D eigenvalue weighted by atomic mass is 10.0. The number of benzene rings is 2. The number of rotatable bonds is 3. The number of aromatic hydroxyl groups is 2. The topological polar surface area (TPSA) is 148 Å². The zero-order chi connectivity index (χ0) is 24.1. The number of nitrogens with one attached hydrogen (secondary N) is 1. The minimum absolute atomic E-state index is 0.0268. The van der Waals surface area contributed by atoms with Gasteiger partial charge in [-0.1, -0.05) is 11.6 Å². The van der Waals surface area contributed by atoms with Gasteiger partial charge in [-0.25, -0.2) is 9.59 Å². The molecule has 0 aliphatic carbocycles. The van der Waals surface area contributed by atoms with Gasteiger partial charge in [-0.15, -0.1) is 0 Å². The number of ether oxygens (including phenoxy) is 2. The summed E-state index contributed by atoms with van der Waals surface area (Å²) in [7, 11) is 0. The molecule has 0 fully saturated rings. The number of thioether (sulfide) groups is 1. The van der Waals surface area contributed by atoms with E-state index in [1.807, 2.05) is 0 Å². The molecule has 3 rings (SSSR count). The van der Waals surface area contributed by atoms with Crippen molar-refractivity contribution >= 4 is 41.2 Å². The van der Waals surface area contributed by atoms with Gasteiger partial charge in [-0.2, -0.15) is 11.8 Å². The van der Waals surface area contributed by atoms with Crippen LogP contribution in [0.5, 0.6) is 11.5 Å². The average Bonchev–Trinajstić information content (AvgIpc) is 2.78. The van der Waals surface area contributed by atoms with Crippen molar-refractivity contribution in [2.24, 2.45) is 5.73 Å². The maximum atomic E-state index is 12.6. The Bertz CT molecular complexity index is 1060. The van der Waals surface area contributed by atoms with Crippen LogP contribution < -0.4 is 11.1 Å². The minimum Gasteiger partial charge on any atom is -0.508 e. The van der Waals surface area contributed by atoms with Gasteiger partial charge in [-0.3, -0.25) is 4.79 Å². The maximum absolute atomic E-state index is 12.6. The highest BCUT2D eigenvalue weighted by molar-refractivity contribution is 7.98. The molecule has 1 amide bonds. The molecule has 0 spiro atoms. The van der Waals surface area contributed by atoms with Crippen LogP contribution in [0.1, 0.15) is 31.8 Å². The summed E-state index contributed by atoms with van der Waals surface area (Å²) >= 11 is 7.12. The van der Waals surface area contributed by atoms with Crippen molar-refractivity contribution in [3.8, 4) is 11.5 Å². The normalized spacial score (nSPS) is 19.4. The summed E-state index contributed by atoms with van der Waals surface area (Å²) in [5, 5.41) is 23.5. The van der Waals surface area contributed by atoms with Crippen molar-refractivity contribution in [2.45, 2.75) is 24.8 Å². The summed E-state index contributed by atoms with van der Waals surface area (Å²) < 4.78 is 10.5. The van der Waals surface area contributed by atoms with Crippen LogP contribution in [0.2, 0.25) is 5.02 Å². The van der Waals surface area contributed by atoms with E-state index >= 15 is 0 Å². The largest absolute Gasteiger partial charge is 0.508 e. The second-order valence-corrected chi connectivity index (χ2v) is 8.89. The Balaban J connectivity index is 1.78. The van der Waals surface area contributed by atoms with E-state index < -0.39 is 36.5 Å². The molecule has 0 saturated heterocycles. The maximum Gasteiger partial charge on any atom is 0.339 e. The van der Waals surface area contributed by atoms with E-state index in [-0.39, 0.29) is 40.5 Å². The molecule has 1 aliphatic rings. The van der Waals surface area contributed by atoms with Crippen molar-refractivity contribution in [1.82, 2.24) is 5.32 Å². The predicted octanol–water partition coefficient (Wildman–Crippen LogP) is 2.13. The number of esters is 2. The van der Waals surface area contributed by atoms with Crippen LogP contribution in [0.15, 0.2) is 30.3 Å². The number of carbonyl (C=O) groups is 3. The molecule has 176 valence electrons. The first-order valence-corrected chi connectivity index (χ1v) is 11.5. The van der Waals surface area contributed by atoms with Gasteiger partial charge in [0.15, 0.2) is 0 Å². The zero-order valence-corrected chi connectivity index (χ0v) is 19.2. The van der Waals surface area contributed by atoms with Gasteiger partial charge in [0.25, 0.3) is 0 Å². The Hall–Kier alpha value is -2.95. The first kappa shape index (κ1) is 24.7. The first-order chi connectivity index (χ1) is 15.7. The van der Waals surface area contributed by atoms with E-state index in [4.69, 9.17) is 26.8 Å². The molecular formula is C22H23ClN2O7S. The Morgan fingerprint density at radius 3 is 2.67 bits per heavy atom. The molecule has 0 radical (unpaired) electrons. The number of hydrogen-bond acceptors (Lipinski definition) is 9. The predicted molar refractivity (Wildman–Crippen MR) is 123 cm³/mol. The molecule has 2 aromatic carbocycles. The summed E-state index contributed by atoms with van der Waals surface area (Å²) in [6.45, 7) is 0.988. The van der Waals surface area contributed by atoms with Crippen LogP contribution in [0.3, 0.4) is 0 Å². The van der Waals surface area contributed by atoms with Gasteiger partial charge in [0, 0.05) is 33.7 Å². The molecule has 5 N–H and O–H groups in total. The number of hydrogen-bond donors (Lipinski definition) is 4. The molecule has 33 heavy (non-hydrogen) atoms. The molecule has 0 bridgehead atoms. The van der Waals surface area contributed by atoms with Crippen molar-refractivity contribution in [1.29, 1.82) is 0 Å². The molecular weight excluding hydrogens is 472 g/mol. The molecule has 0 unspecified atom stereocenters. The third-order valence-corrected chi connectivity index (χ3v) is 6.37. The molecule has 9 nitrogen and oxygen atoms in total. The van der Waals surface area contributed by atoms with Crippen LogP contribution >= 0.6 is 23.4 Å². The summed E-state index contributed by atoms with van der Waals surface area (Å²) in [5.74, 6) is -1.99. The summed E-state index contributed by atoms with van der Waals surface area (Å²) in [6.07, 6.45) is 0. The van der Waals surface area contributed by atoms with Gasteiger partial charge >= 0.3 is 11.9 Å². The second-order valence-electron chi connectivity index (χ2n) is 7.42. The number of fused-ring (bicyclic) bond motifs is 1. The average molecular weight is 495 g/mol. The van der Waals surface area contributed by atoms with Crippen LogP contribution in [-0.4, -0.2) is 59.1 Å². The third kappa shape index (κ3) is 6.10. The molecule has 2 aromatic rings. The van der Waals surface area contributed by atoms with E-state index in [2.05, 4.69) is 5.32 Å². The number of amides is 1. The fourth-order valence-electron chi connectivity index (χ4n) is 3.13. The Morgan fingerprint density at radius 2 is 1.97 bits per heavy atom. The molecule has 0 saturated carbocycles. The van der Waals surface area contributed by atoms with Gasteiger partial charge < -0.3 is 30.7 Å². The second kappa shape index (κ2) is 10.8. The highest BCUT2D eigenvalue weighted by atomic mass is 35.5. The standard InChI is InChI=1S/C22H23ClN2O7S/c1-11-17(26)6-18(27)15-10-33-9-14(7-31-21(29)12-2-4-13(23)5-3-12)25-20(28)16(24)8-32-22(30)19(11)15/h2-6,14,16,26-27H,7-10,24H2,1H3,(H,25,28)/t14-,16+/m1/s1. The van der Waals surface area contributed by atoms with Gasteiger partial charge in [0.1, 0.15) is 30.8 Å². The van der Waals surface area contributed by atoms with Crippen LogP contribution in [0.4, 0.5) is 0 Å². The van der Waals surface area contributed by atoms with Gasteiger partial charge in [0.2, 0.25) is 5.91 Å². The van der Waals surface area contributed by atoms with E-state index in [1.165, 1.54) is 30.8 Å². The summed E-state index contributed by atoms with van der Waals surface area (Å²) in [4.78, 5) is 37.3. The van der Waals surface area contributed by atoms with Gasteiger partial charge in [-0.05, 0) is 31.2 Å². The summed E-state index contributed by atoms with van der Waals surface area (Å²) in [6, 6.07) is 5.59. The van der Waals surface area contributed by atoms with Crippen molar-refractivity contribution < 1.29 is 34.1 Å². The van der Waals surface area contributed by atoms with Gasteiger partial charge in [0.05, 0.1) is 17.2 Å². The Kier molecular flexibility index (Phi) is 8.06. The Morgan fingerprint density at radius 1 is 1.27 bits per heavy atom. The lowest BCUT2D eigenvalue weighted by Gasteiger charge is -2.23. The molecule has 2 atom stereocenters. The highest BCUT2D eigenvalue weighted by Crippen LogP contribution is 2.35. The number of nitrogens with two attached hydrogens (primary N) is 1. The third-order valence-electron chi connectivity index (χ3n) is 4.99. The van der Waals surface area contributed by atoms with Crippen LogP contribution in [0, 0.1) is 6.92 Å². The Labute approximate surface area is 199 Å². The van der Waals surface area contributed by atoms with E-state index in [0.29, 0.717) is 16.3 Å². The van der Waals surface area contributed by atoms with E-state index in [1.54, 1.807) is 12.1 Å². The minimum atomic E-state index is -1.16. The number of phenolic OH excluding ortho intramolecular Hbond substituents is 2. The highest BCUT2D eigenvalue weighted by Gasteiger charge is 2.27. The lowest BCUT2D eigenvalue weighted by molar-refractivity contribution is -0.124. The van der Waals surface area contributed by atoms with Crippen molar-refractivity contribution in [3.63, 3.8) is 0 Å². The van der Waals surface area contributed by atoms with Crippen LogP contribution in [0.25, 0.3) is 0 Å². The summed E-state index contributed by atoms with van der Waals surface area (Å²) in [5.41, 5.74) is 6.72. The fourth-order valence-corrected chi connectivity index (χ4v) is 4.34. The lowest BCUT2D eigenvalue weighted by Crippen LogP contribution is -2.50. The quantitative estimate of drug-likeness (QED) is 0.471. The molecule has 11 heteroatoms. The fraction of sp³-hybridized carbons (Fsp3) is 0.318. The smallest absolute Gasteiger partial charge is 0.339 e.